The first-order valence-corrected chi connectivity index (χ1v) is 8.33. The Balaban J connectivity index is 1.55. The lowest BCUT2D eigenvalue weighted by Crippen LogP contribution is -2.43. The molecule has 2 aromatic rings. The number of aromatic nitrogens is 1. The van der Waals surface area contributed by atoms with Crippen LogP contribution < -0.4 is 10.2 Å². The van der Waals surface area contributed by atoms with Gasteiger partial charge in [-0.15, -0.1) is 0 Å². The summed E-state index contributed by atoms with van der Waals surface area (Å²) in [6.07, 6.45) is 7.33. The lowest BCUT2D eigenvalue weighted by atomic mass is 10.00. The summed E-state index contributed by atoms with van der Waals surface area (Å²) in [4.78, 5) is 6.74. The third-order valence-corrected chi connectivity index (χ3v) is 4.55. The Hall–Kier alpha value is -1.87. The molecule has 22 heavy (non-hydrogen) atoms. The lowest BCUT2D eigenvalue weighted by molar-refractivity contribution is 0.364. The van der Waals surface area contributed by atoms with Crippen LogP contribution in [0.3, 0.4) is 0 Å². The van der Waals surface area contributed by atoms with E-state index in [0.717, 1.165) is 19.5 Å². The molecule has 0 bridgehead atoms. The van der Waals surface area contributed by atoms with E-state index in [1.165, 1.54) is 24.1 Å². The van der Waals surface area contributed by atoms with Gasteiger partial charge in [-0.2, -0.15) is 0 Å². The Morgan fingerprint density at radius 3 is 2.55 bits per heavy atom. The molecule has 1 aromatic carbocycles. The van der Waals surface area contributed by atoms with Crippen LogP contribution >= 0.6 is 0 Å². The van der Waals surface area contributed by atoms with Gasteiger partial charge in [-0.25, -0.2) is 0 Å². The average molecular weight is 295 g/mol. The summed E-state index contributed by atoms with van der Waals surface area (Å²) < 4.78 is 0. The van der Waals surface area contributed by atoms with Crippen LogP contribution in [0.4, 0.5) is 5.69 Å². The van der Waals surface area contributed by atoms with Crippen molar-refractivity contribution >= 4 is 5.69 Å². The summed E-state index contributed by atoms with van der Waals surface area (Å²) >= 11 is 0. The summed E-state index contributed by atoms with van der Waals surface area (Å²) in [7, 11) is 0. The van der Waals surface area contributed by atoms with Gasteiger partial charge in [-0.1, -0.05) is 31.2 Å². The molecule has 116 valence electrons. The molecular weight excluding hydrogens is 270 g/mol. The summed E-state index contributed by atoms with van der Waals surface area (Å²) in [5.74, 6) is 0. The van der Waals surface area contributed by atoms with Gasteiger partial charge in [-0.3, -0.25) is 4.98 Å². The Morgan fingerprint density at radius 2 is 1.91 bits per heavy atom. The first kappa shape index (κ1) is 15.0. The maximum Gasteiger partial charge on any atom is 0.0366 e. The number of pyridine rings is 1. The van der Waals surface area contributed by atoms with Crippen molar-refractivity contribution in [2.24, 2.45) is 0 Å². The molecule has 0 radical (unpaired) electrons. The minimum atomic E-state index is 0.418. The number of rotatable bonds is 5. The van der Waals surface area contributed by atoms with Crippen molar-refractivity contribution in [3.8, 4) is 0 Å². The second-order valence-electron chi connectivity index (χ2n) is 6.01. The maximum atomic E-state index is 4.25. The topological polar surface area (TPSA) is 28.2 Å². The lowest BCUT2D eigenvalue weighted by Gasteiger charge is -2.35. The smallest absolute Gasteiger partial charge is 0.0366 e. The van der Waals surface area contributed by atoms with Crippen LogP contribution in [0.25, 0.3) is 0 Å². The first-order valence-electron chi connectivity index (χ1n) is 8.33. The molecule has 3 rings (SSSR count). The monoisotopic (exact) mass is 295 g/mol. The van der Waals surface area contributed by atoms with Gasteiger partial charge >= 0.3 is 0 Å². The molecular formula is C19H25N3. The molecule has 0 amide bonds. The van der Waals surface area contributed by atoms with E-state index in [0.29, 0.717) is 12.1 Å². The molecule has 0 unspecified atom stereocenters. The highest BCUT2D eigenvalue weighted by Crippen LogP contribution is 2.22. The average Bonchev–Trinajstić information content (AvgIpc) is 2.62. The second kappa shape index (κ2) is 7.41. The highest BCUT2D eigenvalue weighted by atomic mass is 15.1. The Morgan fingerprint density at radius 1 is 1.14 bits per heavy atom. The van der Waals surface area contributed by atoms with Gasteiger partial charge in [0, 0.05) is 43.3 Å². The molecule has 3 nitrogen and oxygen atoms in total. The SMILES string of the molecule is CC[C@H](NC1CCN(c2ccccc2)CC1)c1cccnc1. The van der Waals surface area contributed by atoms with Crippen molar-refractivity contribution in [2.75, 3.05) is 18.0 Å². The fraction of sp³-hybridized carbons (Fsp3) is 0.421. The van der Waals surface area contributed by atoms with Gasteiger partial charge in [-0.05, 0) is 43.0 Å². The van der Waals surface area contributed by atoms with E-state index in [-0.39, 0.29) is 0 Å². The van der Waals surface area contributed by atoms with Gasteiger partial charge in [0.05, 0.1) is 0 Å². The van der Waals surface area contributed by atoms with Crippen LogP contribution in [0, 0.1) is 0 Å². The second-order valence-corrected chi connectivity index (χ2v) is 6.01. The van der Waals surface area contributed by atoms with E-state index >= 15 is 0 Å². The Bertz CT molecular complexity index is 547. The van der Waals surface area contributed by atoms with Crippen LogP contribution in [-0.2, 0) is 0 Å². The maximum absolute atomic E-state index is 4.25. The third-order valence-electron chi connectivity index (χ3n) is 4.55. The molecule has 1 atom stereocenters. The number of piperidine rings is 1. The Labute approximate surface area is 133 Å². The van der Waals surface area contributed by atoms with Crippen LogP contribution in [0.15, 0.2) is 54.9 Å². The number of nitrogens with zero attached hydrogens (tertiary/aromatic N) is 2. The molecule has 1 aliphatic heterocycles. The van der Waals surface area contributed by atoms with Crippen molar-refractivity contribution in [2.45, 2.75) is 38.3 Å². The van der Waals surface area contributed by atoms with Crippen LogP contribution in [0.5, 0.6) is 0 Å². The summed E-state index contributed by atoms with van der Waals surface area (Å²) in [6.45, 7) is 4.50. The number of para-hydroxylation sites is 1. The largest absolute Gasteiger partial charge is 0.371 e. The molecule has 1 N–H and O–H groups in total. The molecule has 1 aliphatic rings. The van der Waals surface area contributed by atoms with E-state index < -0.39 is 0 Å². The predicted molar refractivity (Wildman–Crippen MR) is 92.1 cm³/mol. The van der Waals surface area contributed by atoms with Gasteiger partial charge in [0.1, 0.15) is 0 Å². The van der Waals surface area contributed by atoms with Crippen molar-refractivity contribution in [1.29, 1.82) is 0 Å². The zero-order valence-electron chi connectivity index (χ0n) is 13.3. The van der Waals surface area contributed by atoms with Crippen LogP contribution in [-0.4, -0.2) is 24.1 Å². The number of benzene rings is 1. The fourth-order valence-electron chi connectivity index (χ4n) is 3.26. The van der Waals surface area contributed by atoms with Crippen LogP contribution in [0.1, 0.15) is 37.8 Å². The van der Waals surface area contributed by atoms with Crippen molar-refractivity contribution in [3.63, 3.8) is 0 Å². The van der Waals surface area contributed by atoms with Gasteiger partial charge in [0.2, 0.25) is 0 Å². The van der Waals surface area contributed by atoms with Crippen molar-refractivity contribution in [3.05, 3.63) is 60.4 Å². The fourth-order valence-corrected chi connectivity index (χ4v) is 3.26. The normalized spacial score (nSPS) is 17.4. The molecule has 2 heterocycles. The van der Waals surface area contributed by atoms with Crippen molar-refractivity contribution in [1.82, 2.24) is 10.3 Å². The molecule has 1 aromatic heterocycles. The minimum absolute atomic E-state index is 0.418. The summed E-state index contributed by atoms with van der Waals surface area (Å²) in [6, 6.07) is 16.0. The number of anilines is 1. The third kappa shape index (κ3) is 3.66. The van der Waals surface area contributed by atoms with E-state index in [1.807, 2.05) is 18.5 Å². The number of hydrogen-bond acceptors (Lipinski definition) is 3. The molecule has 0 spiro atoms. The van der Waals surface area contributed by atoms with E-state index in [1.54, 1.807) is 0 Å². The molecule has 0 aliphatic carbocycles. The van der Waals surface area contributed by atoms with E-state index in [4.69, 9.17) is 0 Å². The number of hydrogen-bond donors (Lipinski definition) is 1. The molecule has 0 saturated carbocycles. The number of nitrogens with one attached hydrogen (secondary N) is 1. The molecule has 1 saturated heterocycles. The molecule has 1 fully saturated rings. The predicted octanol–water partition coefficient (Wildman–Crippen LogP) is 3.79. The van der Waals surface area contributed by atoms with Crippen molar-refractivity contribution < 1.29 is 0 Å². The van der Waals surface area contributed by atoms with E-state index in [2.05, 4.69) is 58.5 Å². The zero-order chi connectivity index (χ0) is 15.2. The van der Waals surface area contributed by atoms with Gasteiger partial charge in [0.15, 0.2) is 0 Å². The quantitative estimate of drug-likeness (QED) is 0.909. The van der Waals surface area contributed by atoms with Gasteiger partial charge in [0.25, 0.3) is 0 Å². The Kier molecular flexibility index (Phi) is 5.07. The molecule has 3 heteroatoms. The highest BCUT2D eigenvalue weighted by Gasteiger charge is 2.21. The highest BCUT2D eigenvalue weighted by molar-refractivity contribution is 5.46. The van der Waals surface area contributed by atoms with Gasteiger partial charge < -0.3 is 10.2 Å². The van der Waals surface area contributed by atoms with Crippen LogP contribution in [0.2, 0.25) is 0 Å². The summed E-state index contributed by atoms with van der Waals surface area (Å²) in [5, 5.41) is 3.83. The first-order chi connectivity index (χ1) is 10.9. The van der Waals surface area contributed by atoms with E-state index in [9.17, 15) is 0 Å². The minimum Gasteiger partial charge on any atom is -0.371 e. The zero-order valence-corrected chi connectivity index (χ0v) is 13.3. The standard InChI is InChI=1S/C19H25N3/c1-2-19(16-7-6-12-20-15-16)21-17-10-13-22(14-11-17)18-8-4-3-5-9-18/h3-9,12,15,17,19,21H,2,10-11,13-14H2,1H3/t19-/m0/s1. The summed E-state index contributed by atoms with van der Waals surface area (Å²) in [5.41, 5.74) is 2.65.